The zero-order valence-corrected chi connectivity index (χ0v) is 12.1. The minimum atomic E-state index is -4.86. The van der Waals surface area contributed by atoms with E-state index in [-0.39, 0.29) is 58.0 Å². The Bertz CT molecular complexity index is 291. The number of hydrogen-bond donors (Lipinski definition) is 0. The number of ether oxygens (including phenoxy) is 1. The summed E-state index contributed by atoms with van der Waals surface area (Å²) in [6.45, 7) is -6.06. The topological polar surface area (TPSA) is 9.23 Å². The van der Waals surface area contributed by atoms with Gasteiger partial charge in [-0.1, -0.05) is 23.7 Å². The molecule has 0 amide bonds. The van der Waals surface area contributed by atoms with Crippen LogP contribution in [0.25, 0.3) is 0 Å². The maximum atomic E-state index is 11.7. The molecule has 1 aromatic carbocycles. The molecule has 0 aliphatic carbocycles. The Balaban J connectivity index is 0.00000196. The van der Waals surface area contributed by atoms with E-state index in [0.29, 0.717) is 10.6 Å². The van der Waals surface area contributed by atoms with E-state index in [1.165, 1.54) is 0 Å². The van der Waals surface area contributed by atoms with E-state index in [2.05, 4.69) is 4.74 Å². The van der Waals surface area contributed by atoms with Crippen molar-refractivity contribution in [3.8, 4) is 0 Å². The van der Waals surface area contributed by atoms with E-state index < -0.39 is 13.5 Å². The molecular weight excluding hydrogens is 254 g/mol. The van der Waals surface area contributed by atoms with Crippen molar-refractivity contribution in [2.24, 2.45) is 0 Å². The van der Waals surface area contributed by atoms with Crippen molar-refractivity contribution in [2.75, 3.05) is 6.51 Å². The molecule has 0 bridgehead atoms. The summed E-state index contributed by atoms with van der Waals surface area (Å²) in [7, 11) is 0. The zero-order valence-electron chi connectivity index (χ0n) is 8.22. The molecule has 0 heterocycles. The Hall–Kier alpha value is 0.961. The van der Waals surface area contributed by atoms with E-state index in [0.717, 1.165) is 0 Å². The molecule has 0 atom stereocenters. The molecule has 0 spiro atoms. The number of benzene rings is 1. The first-order valence-corrected chi connectivity index (χ1v) is 4.38. The zero-order chi connectivity index (χ0) is 10.6. The number of halogens is 4. The van der Waals surface area contributed by atoms with E-state index in [1.807, 2.05) is 0 Å². The van der Waals surface area contributed by atoms with Gasteiger partial charge in [0.2, 0.25) is 0 Å². The van der Waals surface area contributed by atoms with Crippen molar-refractivity contribution in [3.05, 3.63) is 34.9 Å². The Kier molecular flexibility index (Phi) is 7.79. The van der Waals surface area contributed by atoms with Crippen molar-refractivity contribution in [1.82, 2.24) is 0 Å². The van der Waals surface area contributed by atoms with Crippen molar-refractivity contribution < 1.29 is 69.1 Å². The van der Waals surface area contributed by atoms with Gasteiger partial charge in [0.05, 0.1) is 6.61 Å². The van der Waals surface area contributed by atoms with Crippen LogP contribution in [0, 0.1) is 0 Å². The molecule has 0 saturated carbocycles. The summed E-state index contributed by atoms with van der Waals surface area (Å²) in [5.74, 6) is 0. The van der Waals surface area contributed by atoms with E-state index >= 15 is 0 Å². The molecule has 0 aliphatic heterocycles. The molecule has 1 rings (SSSR count). The normalized spacial score (nSPS) is 10.9. The Morgan fingerprint density at radius 3 is 2.13 bits per heavy atom. The monoisotopic (exact) mass is 262 g/mol. The average molecular weight is 263 g/mol. The molecule has 0 aliphatic rings. The van der Waals surface area contributed by atoms with Crippen LogP contribution in [0.1, 0.15) is 5.56 Å². The van der Waals surface area contributed by atoms with Gasteiger partial charge < -0.3 is 17.7 Å². The van der Waals surface area contributed by atoms with Gasteiger partial charge in [-0.05, 0) is 17.7 Å². The van der Waals surface area contributed by atoms with Gasteiger partial charge >= 0.3 is 58.4 Å². The molecule has 0 radical (unpaired) electrons. The largest absolute Gasteiger partial charge is 1.00 e. The Morgan fingerprint density at radius 2 is 1.67 bits per heavy atom. The smallest absolute Gasteiger partial charge is 0.447 e. The summed E-state index contributed by atoms with van der Waals surface area (Å²) in [5, 5.41) is 0.550. The van der Waals surface area contributed by atoms with Crippen LogP contribution < -0.4 is 51.4 Å². The molecule has 0 unspecified atom stereocenters. The van der Waals surface area contributed by atoms with Gasteiger partial charge in [-0.2, -0.15) is 0 Å². The molecule has 0 N–H and O–H groups in total. The fourth-order valence-corrected chi connectivity index (χ4v) is 1.02. The molecule has 78 valence electrons. The predicted molar refractivity (Wildman–Crippen MR) is 50.2 cm³/mol. The third-order valence-corrected chi connectivity index (χ3v) is 1.74. The maximum absolute atomic E-state index is 11.7. The van der Waals surface area contributed by atoms with E-state index in [1.54, 1.807) is 24.3 Å². The second-order valence-corrected chi connectivity index (χ2v) is 3.29. The van der Waals surface area contributed by atoms with Crippen molar-refractivity contribution in [3.63, 3.8) is 0 Å². The summed E-state index contributed by atoms with van der Waals surface area (Å²) in [6, 6.07) is 6.48. The molecule has 0 aromatic heterocycles. The first kappa shape index (κ1) is 16.0. The maximum Gasteiger partial charge on any atom is 1.00 e. The third-order valence-electron chi connectivity index (χ3n) is 1.49. The first-order chi connectivity index (χ1) is 6.47. The predicted octanol–water partition coefficient (Wildman–Crippen LogP) is 0.247. The second-order valence-electron chi connectivity index (χ2n) is 2.85. The number of rotatable bonds is 4. The molecule has 15 heavy (non-hydrogen) atoms. The summed E-state index contributed by atoms with van der Waals surface area (Å²) in [5.41, 5.74) is 0.675. The van der Waals surface area contributed by atoms with Gasteiger partial charge in [0.25, 0.3) is 0 Å². The summed E-state index contributed by atoms with van der Waals surface area (Å²) < 4.78 is 39.7. The van der Waals surface area contributed by atoms with Crippen LogP contribution in [-0.4, -0.2) is 13.5 Å². The van der Waals surface area contributed by atoms with Crippen LogP contribution in [0.3, 0.4) is 0 Å². The summed E-state index contributed by atoms with van der Waals surface area (Å²) >= 11 is 5.60. The minimum absolute atomic E-state index is 0. The fourth-order valence-electron chi connectivity index (χ4n) is 0.891. The van der Waals surface area contributed by atoms with Crippen LogP contribution in [-0.2, 0) is 11.3 Å². The van der Waals surface area contributed by atoms with Gasteiger partial charge in [0, 0.05) is 11.5 Å². The standard InChI is InChI=1S/C8H8BClF3O.K/c10-8-3-1-7(2-4-8)5-14-6-9(11,12)13;/h1-4H,5-6H2;/q-1;+1. The van der Waals surface area contributed by atoms with Crippen molar-refractivity contribution in [2.45, 2.75) is 6.61 Å². The molecule has 0 fully saturated rings. The Morgan fingerprint density at radius 1 is 1.13 bits per heavy atom. The second kappa shape index (κ2) is 7.32. The molecule has 1 aromatic rings. The van der Waals surface area contributed by atoms with Crippen LogP contribution in [0.15, 0.2) is 24.3 Å². The van der Waals surface area contributed by atoms with Gasteiger partial charge in [-0.25, -0.2) is 0 Å². The third kappa shape index (κ3) is 7.79. The Labute approximate surface area is 134 Å². The van der Waals surface area contributed by atoms with Gasteiger partial charge in [0.1, 0.15) is 0 Å². The fraction of sp³-hybridized carbons (Fsp3) is 0.250. The van der Waals surface area contributed by atoms with E-state index in [9.17, 15) is 12.9 Å². The summed E-state index contributed by atoms with van der Waals surface area (Å²) in [6.07, 6.45) is 0. The molecule has 7 heteroatoms. The summed E-state index contributed by atoms with van der Waals surface area (Å²) in [4.78, 5) is 0. The van der Waals surface area contributed by atoms with Crippen LogP contribution in [0.4, 0.5) is 12.9 Å². The van der Waals surface area contributed by atoms with Gasteiger partial charge in [0.15, 0.2) is 0 Å². The number of hydrogen-bond acceptors (Lipinski definition) is 1. The van der Waals surface area contributed by atoms with Crippen molar-refractivity contribution >= 4 is 18.6 Å². The minimum Gasteiger partial charge on any atom is -0.447 e. The van der Waals surface area contributed by atoms with Gasteiger partial charge in [-0.15, -0.1) is 0 Å². The van der Waals surface area contributed by atoms with Crippen molar-refractivity contribution in [1.29, 1.82) is 0 Å². The van der Waals surface area contributed by atoms with Crippen LogP contribution >= 0.6 is 11.6 Å². The molecular formula is C8H8BClF3KO. The molecule has 1 nitrogen and oxygen atoms in total. The SMILES string of the molecule is F[B-](F)(F)COCc1ccc(Cl)cc1.[K+]. The van der Waals surface area contributed by atoms with E-state index in [4.69, 9.17) is 11.6 Å². The molecule has 0 saturated heterocycles. The average Bonchev–Trinajstić information content (AvgIpc) is 2.06. The van der Waals surface area contributed by atoms with Gasteiger partial charge in [-0.3, -0.25) is 0 Å². The van der Waals surface area contributed by atoms with Crippen LogP contribution in [0.5, 0.6) is 0 Å². The first-order valence-electron chi connectivity index (χ1n) is 4.00. The quantitative estimate of drug-likeness (QED) is 0.707. The van der Waals surface area contributed by atoms with Crippen LogP contribution in [0.2, 0.25) is 5.02 Å².